The van der Waals surface area contributed by atoms with Crippen molar-refractivity contribution in [2.45, 2.75) is 97.7 Å². The first-order valence-corrected chi connectivity index (χ1v) is 15.5. The third kappa shape index (κ3) is 5.19. The van der Waals surface area contributed by atoms with Crippen molar-refractivity contribution in [1.29, 1.82) is 0 Å². The van der Waals surface area contributed by atoms with E-state index in [0.717, 1.165) is 51.4 Å². The minimum atomic E-state index is -4.08. The van der Waals surface area contributed by atoms with E-state index in [9.17, 15) is 23.4 Å². The molecular weight excluding hydrogens is 466 g/mol. The Morgan fingerprint density at radius 2 is 1.66 bits per heavy atom. The zero-order chi connectivity index (χ0) is 25.8. The lowest BCUT2D eigenvalue weighted by molar-refractivity contribution is -0.174. The number of carbonyl (C=O) groups is 1. The highest BCUT2D eigenvalue weighted by Gasteiger charge is 2.62. The topological polar surface area (TPSA) is 124 Å². The summed E-state index contributed by atoms with van der Waals surface area (Å²) in [6.45, 7) is 8.95. The molecule has 0 radical (unpaired) electrons. The normalized spacial score (nSPS) is 45.1. The van der Waals surface area contributed by atoms with Crippen LogP contribution in [0.15, 0.2) is 0 Å². The number of aliphatic hydroxyl groups excluding tert-OH is 2. The number of rotatable bonds is 7. The van der Waals surface area contributed by atoms with Crippen LogP contribution in [0.1, 0.15) is 85.5 Å². The fourth-order valence-electron chi connectivity index (χ4n) is 9.48. The lowest BCUT2D eigenvalue weighted by Gasteiger charge is -2.62. The highest BCUT2D eigenvalue weighted by Crippen LogP contribution is 2.68. The summed E-state index contributed by atoms with van der Waals surface area (Å²) in [5, 5.41) is 24.3. The van der Waals surface area contributed by atoms with Gasteiger partial charge >= 0.3 is 0 Å². The molecule has 0 spiro atoms. The lowest BCUT2D eigenvalue weighted by Crippen LogP contribution is -2.58. The molecule has 202 valence electrons. The summed E-state index contributed by atoms with van der Waals surface area (Å²) in [6, 6.07) is 0. The molecule has 8 heteroatoms. The molecule has 4 saturated carbocycles. The van der Waals surface area contributed by atoms with Crippen LogP contribution in [0, 0.1) is 52.3 Å². The largest absolute Gasteiger partial charge is 0.393 e. The van der Waals surface area contributed by atoms with Crippen LogP contribution < -0.4 is 5.32 Å². The molecule has 0 aliphatic heterocycles. The molecule has 4 aliphatic rings. The van der Waals surface area contributed by atoms with Gasteiger partial charge in [-0.15, -0.1) is 0 Å². The van der Waals surface area contributed by atoms with Gasteiger partial charge in [0.25, 0.3) is 10.1 Å². The number of fused-ring (bicyclic) bond motifs is 5. The molecule has 0 aromatic heterocycles. The molecule has 11 atom stereocenters. The van der Waals surface area contributed by atoms with E-state index >= 15 is 0 Å². The predicted octanol–water partition coefficient (Wildman–Crippen LogP) is 3.64. The van der Waals surface area contributed by atoms with Crippen LogP contribution in [0.5, 0.6) is 0 Å². The van der Waals surface area contributed by atoms with Crippen LogP contribution in [-0.2, 0) is 14.9 Å². The number of carbonyl (C=O) groups excluding carboxylic acids is 1. The molecule has 0 aromatic rings. The minimum absolute atomic E-state index is 0.0721. The molecule has 4 aliphatic carbocycles. The van der Waals surface area contributed by atoms with E-state index in [2.05, 4.69) is 26.1 Å². The molecule has 1 amide bonds. The Balaban J connectivity index is 1.42. The molecule has 4 rings (SSSR count). The molecule has 4 N–H and O–H groups in total. The summed E-state index contributed by atoms with van der Waals surface area (Å²) in [6.07, 6.45) is 8.45. The highest BCUT2D eigenvalue weighted by molar-refractivity contribution is 7.85. The Morgan fingerprint density at radius 1 is 1.00 bits per heavy atom. The summed E-state index contributed by atoms with van der Waals surface area (Å²) in [5.41, 5.74) is 0.392. The first-order chi connectivity index (χ1) is 16.3. The van der Waals surface area contributed by atoms with E-state index in [-0.39, 0.29) is 41.4 Å². The van der Waals surface area contributed by atoms with Gasteiger partial charge in [0.1, 0.15) is 0 Å². The summed E-state index contributed by atoms with van der Waals surface area (Å²) in [5.74, 6) is 1.81. The Kier molecular flexibility index (Phi) is 7.72. The van der Waals surface area contributed by atoms with E-state index in [1.807, 2.05) is 6.92 Å². The first kappa shape index (κ1) is 27.3. The number of aliphatic hydroxyl groups is 2. The van der Waals surface area contributed by atoms with Gasteiger partial charge in [0.15, 0.2) is 0 Å². The van der Waals surface area contributed by atoms with Gasteiger partial charge in [0.05, 0.1) is 18.0 Å². The number of hydrogen-bond acceptors (Lipinski definition) is 5. The molecule has 0 bridgehead atoms. The fraction of sp³-hybridized carbons (Fsp3) is 0.963. The van der Waals surface area contributed by atoms with E-state index < -0.39 is 15.9 Å². The molecule has 4 unspecified atom stereocenters. The second kappa shape index (κ2) is 9.88. The van der Waals surface area contributed by atoms with Gasteiger partial charge in [-0.3, -0.25) is 9.35 Å². The van der Waals surface area contributed by atoms with Crippen molar-refractivity contribution in [1.82, 2.24) is 5.32 Å². The highest BCUT2D eigenvalue weighted by atomic mass is 32.2. The van der Waals surface area contributed by atoms with Crippen molar-refractivity contribution in [3.63, 3.8) is 0 Å². The summed E-state index contributed by atoms with van der Waals surface area (Å²) in [7, 11) is -4.08. The zero-order valence-electron chi connectivity index (χ0n) is 21.9. The Bertz CT molecular complexity index is 894. The van der Waals surface area contributed by atoms with E-state index in [4.69, 9.17) is 4.55 Å². The average Bonchev–Trinajstić information content (AvgIpc) is 3.11. The molecule has 35 heavy (non-hydrogen) atoms. The van der Waals surface area contributed by atoms with Crippen molar-refractivity contribution >= 4 is 16.0 Å². The van der Waals surface area contributed by atoms with Crippen LogP contribution in [-0.4, -0.2) is 53.6 Å². The van der Waals surface area contributed by atoms with Crippen LogP contribution in [0.3, 0.4) is 0 Å². The van der Waals surface area contributed by atoms with E-state index in [0.29, 0.717) is 35.5 Å². The third-order valence-corrected chi connectivity index (χ3v) is 12.0. The quantitative estimate of drug-likeness (QED) is 0.385. The Hall–Kier alpha value is -0.700. The van der Waals surface area contributed by atoms with Gasteiger partial charge in [0.2, 0.25) is 5.91 Å². The summed E-state index contributed by atoms with van der Waals surface area (Å²) >= 11 is 0. The number of nitrogens with one attached hydrogen (secondary N) is 1. The van der Waals surface area contributed by atoms with Crippen LogP contribution in [0.2, 0.25) is 0 Å². The average molecular weight is 514 g/mol. The van der Waals surface area contributed by atoms with Crippen LogP contribution >= 0.6 is 0 Å². The SMILES string of the molecule is C[C@H](C[C@H](C)C(=O)NCCS(=O)(=O)O)[C@H]1CCC2C3C(CC[C@@]21C)[C@@]1(C)CC[C@@H](O)CC1C[C@@H]3O. The molecule has 0 aromatic carbocycles. The van der Waals surface area contributed by atoms with Crippen molar-refractivity contribution in [3.05, 3.63) is 0 Å². The number of hydrogen-bond donors (Lipinski definition) is 4. The monoisotopic (exact) mass is 513 g/mol. The van der Waals surface area contributed by atoms with E-state index in [1.165, 1.54) is 6.42 Å². The van der Waals surface area contributed by atoms with Gasteiger partial charge in [-0.25, -0.2) is 0 Å². The summed E-state index contributed by atoms with van der Waals surface area (Å²) < 4.78 is 30.7. The van der Waals surface area contributed by atoms with Crippen LogP contribution in [0.4, 0.5) is 0 Å². The first-order valence-electron chi connectivity index (χ1n) is 13.8. The molecular formula is C27H47NO6S. The second-order valence-corrected chi connectivity index (χ2v) is 14.7. The minimum Gasteiger partial charge on any atom is -0.393 e. The van der Waals surface area contributed by atoms with Gasteiger partial charge < -0.3 is 15.5 Å². The van der Waals surface area contributed by atoms with Gasteiger partial charge in [-0.2, -0.15) is 8.42 Å². The maximum Gasteiger partial charge on any atom is 0.266 e. The zero-order valence-corrected chi connectivity index (χ0v) is 22.8. The third-order valence-electron chi connectivity index (χ3n) is 11.2. The second-order valence-electron chi connectivity index (χ2n) is 13.1. The molecule has 4 fully saturated rings. The maximum atomic E-state index is 12.5. The maximum absolute atomic E-state index is 12.5. The van der Waals surface area contributed by atoms with Crippen LogP contribution in [0.25, 0.3) is 0 Å². The van der Waals surface area contributed by atoms with Crippen molar-refractivity contribution in [2.75, 3.05) is 12.3 Å². The van der Waals surface area contributed by atoms with Crippen molar-refractivity contribution in [2.24, 2.45) is 52.3 Å². The Morgan fingerprint density at radius 3 is 2.34 bits per heavy atom. The fourth-order valence-corrected chi connectivity index (χ4v) is 9.84. The van der Waals surface area contributed by atoms with E-state index in [1.54, 1.807) is 0 Å². The standard InChI is InChI=1S/C27H47NO6S/c1-16(13-17(2)25(31)28-11-12-35(32,33)34)20-5-6-21-24-22(8-10-27(20,21)4)26(3)9-7-19(29)14-18(26)15-23(24)30/h16-24,29-30H,5-15H2,1-4H3,(H,28,31)(H,32,33,34)/t16-,17+,18?,19-,20-,21?,22?,23+,24?,26+,27-/m1/s1. The van der Waals surface area contributed by atoms with Gasteiger partial charge in [0, 0.05) is 12.5 Å². The molecule has 7 nitrogen and oxygen atoms in total. The Labute approximate surface area is 211 Å². The van der Waals surface area contributed by atoms with Crippen molar-refractivity contribution in [3.8, 4) is 0 Å². The van der Waals surface area contributed by atoms with Gasteiger partial charge in [-0.05, 0) is 104 Å². The lowest BCUT2D eigenvalue weighted by atomic mass is 9.43. The molecule has 0 heterocycles. The van der Waals surface area contributed by atoms with Crippen molar-refractivity contribution < 1.29 is 28.0 Å². The predicted molar refractivity (Wildman–Crippen MR) is 135 cm³/mol. The van der Waals surface area contributed by atoms with Gasteiger partial charge in [-0.1, -0.05) is 27.7 Å². The smallest absolute Gasteiger partial charge is 0.266 e. The number of amides is 1. The molecule has 0 saturated heterocycles. The summed E-state index contributed by atoms with van der Waals surface area (Å²) in [4.78, 5) is 12.5.